The van der Waals surface area contributed by atoms with Gasteiger partial charge in [-0.2, -0.15) is 0 Å². The van der Waals surface area contributed by atoms with Gasteiger partial charge in [0.25, 0.3) is 0 Å². The third kappa shape index (κ3) is 5.57. The Morgan fingerprint density at radius 3 is 2.61 bits per heavy atom. The number of ether oxygens (including phenoxy) is 1. The van der Waals surface area contributed by atoms with Gasteiger partial charge in [-0.25, -0.2) is 0 Å². The molecule has 0 saturated heterocycles. The third-order valence-corrected chi connectivity index (χ3v) is 3.37. The summed E-state index contributed by atoms with van der Waals surface area (Å²) in [6.45, 7) is 6.68. The van der Waals surface area contributed by atoms with Crippen molar-refractivity contribution in [2.45, 2.75) is 32.7 Å². The number of halogens is 2. The molecule has 0 amide bonds. The Morgan fingerprint density at radius 1 is 1.22 bits per heavy atom. The van der Waals surface area contributed by atoms with Crippen LogP contribution in [0.15, 0.2) is 18.2 Å². The van der Waals surface area contributed by atoms with Gasteiger partial charge in [0.2, 0.25) is 0 Å². The van der Waals surface area contributed by atoms with E-state index < -0.39 is 0 Å². The molecule has 0 radical (unpaired) electrons. The molecule has 2 nitrogen and oxygen atoms in total. The van der Waals surface area contributed by atoms with Crippen molar-refractivity contribution < 1.29 is 4.74 Å². The topological polar surface area (TPSA) is 21.3 Å². The van der Waals surface area contributed by atoms with E-state index in [1.54, 1.807) is 0 Å². The van der Waals surface area contributed by atoms with Crippen LogP contribution in [-0.4, -0.2) is 25.8 Å². The molecular weight excluding hydrogens is 269 g/mol. The van der Waals surface area contributed by atoms with E-state index in [2.05, 4.69) is 19.2 Å². The van der Waals surface area contributed by atoms with Crippen LogP contribution in [0.25, 0.3) is 0 Å². The molecule has 0 saturated carbocycles. The van der Waals surface area contributed by atoms with Gasteiger partial charge in [-0.1, -0.05) is 43.1 Å². The fourth-order valence-corrected chi connectivity index (χ4v) is 2.12. The summed E-state index contributed by atoms with van der Waals surface area (Å²) >= 11 is 11.9. The molecule has 0 spiro atoms. The third-order valence-electron chi connectivity index (χ3n) is 2.63. The van der Waals surface area contributed by atoms with Crippen LogP contribution in [0.4, 0.5) is 0 Å². The summed E-state index contributed by atoms with van der Waals surface area (Å²) in [5.41, 5.74) is 1.18. The molecule has 0 fully saturated rings. The van der Waals surface area contributed by atoms with Gasteiger partial charge in [-0.3, -0.25) is 0 Å². The Balaban J connectivity index is 2.55. The first-order valence-corrected chi connectivity index (χ1v) is 7.18. The first kappa shape index (κ1) is 15.8. The first-order valence-electron chi connectivity index (χ1n) is 6.42. The van der Waals surface area contributed by atoms with Gasteiger partial charge in [0, 0.05) is 12.6 Å². The largest absolute Gasteiger partial charge is 0.380 e. The summed E-state index contributed by atoms with van der Waals surface area (Å²) in [7, 11) is 0. The number of hydrogen-bond acceptors (Lipinski definition) is 2. The molecule has 1 unspecified atom stereocenters. The molecule has 4 heteroatoms. The van der Waals surface area contributed by atoms with Crippen molar-refractivity contribution in [3.63, 3.8) is 0 Å². The van der Waals surface area contributed by atoms with Crippen molar-refractivity contribution in [2.24, 2.45) is 0 Å². The lowest BCUT2D eigenvalue weighted by Crippen LogP contribution is -2.35. The second kappa shape index (κ2) is 8.76. The zero-order valence-corrected chi connectivity index (χ0v) is 12.5. The van der Waals surface area contributed by atoms with E-state index >= 15 is 0 Å². The molecule has 0 aliphatic rings. The van der Waals surface area contributed by atoms with Crippen molar-refractivity contribution in [3.05, 3.63) is 33.8 Å². The van der Waals surface area contributed by atoms with E-state index in [-0.39, 0.29) is 0 Å². The highest BCUT2D eigenvalue weighted by Gasteiger charge is 2.09. The summed E-state index contributed by atoms with van der Waals surface area (Å²) in [4.78, 5) is 0. The molecule has 1 aromatic carbocycles. The van der Waals surface area contributed by atoms with Crippen LogP contribution in [0.5, 0.6) is 0 Å². The average Bonchev–Trinajstić information content (AvgIpc) is 2.34. The zero-order valence-electron chi connectivity index (χ0n) is 11.0. The Labute approximate surface area is 120 Å². The molecular formula is C14H21Cl2NO. The fourth-order valence-electron chi connectivity index (χ4n) is 1.80. The van der Waals surface area contributed by atoms with Crippen LogP contribution in [-0.2, 0) is 11.2 Å². The monoisotopic (exact) mass is 289 g/mol. The van der Waals surface area contributed by atoms with E-state index in [9.17, 15) is 0 Å². The average molecular weight is 290 g/mol. The summed E-state index contributed by atoms with van der Waals surface area (Å²) in [6.07, 6.45) is 1.94. The van der Waals surface area contributed by atoms with E-state index in [1.807, 2.05) is 18.2 Å². The molecule has 0 bridgehead atoms. The maximum atomic E-state index is 6.02. The van der Waals surface area contributed by atoms with Gasteiger partial charge >= 0.3 is 0 Å². The number of likely N-dealkylation sites (N-methyl/N-ethyl adjacent to an activating group) is 1. The van der Waals surface area contributed by atoms with Gasteiger partial charge < -0.3 is 10.1 Å². The highest BCUT2D eigenvalue weighted by Crippen LogP contribution is 2.23. The van der Waals surface area contributed by atoms with Gasteiger partial charge in [0.1, 0.15) is 0 Å². The quantitative estimate of drug-likeness (QED) is 0.732. The number of rotatable bonds is 8. The van der Waals surface area contributed by atoms with Crippen molar-refractivity contribution >= 4 is 23.2 Å². The molecule has 0 heterocycles. The van der Waals surface area contributed by atoms with Crippen LogP contribution in [0, 0.1) is 0 Å². The number of benzene rings is 1. The molecule has 102 valence electrons. The molecule has 1 N–H and O–H groups in total. The van der Waals surface area contributed by atoms with Gasteiger partial charge in [0.05, 0.1) is 16.7 Å². The predicted octanol–water partition coefficient (Wildman–Crippen LogP) is 3.94. The molecule has 18 heavy (non-hydrogen) atoms. The minimum Gasteiger partial charge on any atom is -0.380 e. The van der Waals surface area contributed by atoms with Gasteiger partial charge in [-0.15, -0.1) is 0 Å². The van der Waals surface area contributed by atoms with Crippen molar-refractivity contribution in [1.82, 2.24) is 5.32 Å². The fraction of sp³-hybridized carbons (Fsp3) is 0.571. The highest BCUT2D eigenvalue weighted by atomic mass is 35.5. The molecule has 0 aliphatic heterocycles. The number of hydrogen-bond donors (Lipinski definition) is 1. The lowest BCUT2D eigenvalue weighted by Gasteiger charge is -2.18. The molecule has 1 aromatic rings. The van der Waals surface area contributed by atoms with Gasteiger partial charge in [0.15, 0.2) is 0 Å². The van der Waals surface area contributed by atoms with Crippen LogP contribution in [0.1, 0.15) is 25.8 Å². The van der Waals surface area contributed by atoms with Crippen LogP contribution in [0.3, 0.4) is 0 Å². The Bertz CT molecular complexity index is 358. The van der Waals surface area contributed by atoms with Crippen molar-refractivity contribution in [3.8, 4) is 0 Å². The summed E-state index contributed by atoms with van der Waals surface area (Å²) in [6, 6.07) is 6.10. The Kier molecular flexibility index (Phi) is 7.68. The van der Waals surface area contributed by atoms with Crippen molar-refractivity contribution in [1.29, 1.82) is 0 Å². The van der Waals surface area contributed by atoms with Crippen LogP contribution in [0.2, 0.25) is 10.0 Å². The first-order chi connectivity index (χ1) is 8.67. The minimum absolute atomic E-state index is 0.318. The lowest BCUT2D eigenvalue weighted by molar-refractivity contribution is 0.112. The van der Waals surface area contributed by atoms with Crippen LogP contribution >= 0.6 is 23.2 Å². The summed E-state index contributed by atoms with van der Waals surface area (Å²) in [5, 5.41) is 4.63. The maximum Gasteiger partial charge on any atom is 0.0622 e. The minimum atomic E-state index is 0.318. The Morgan fingerprint density at radius 2 is 2.00 bits per heavy atom. The van der Waals surface area contributed by atoms with E-state index in [1.165, 1.54) is 5.56 Å². The van der Waals surface area contributed by atoms with Crippen molar-refractivity contribution in [2.75, 3.05) is 19.8 Å². The second-order valence-electron chi connectivity index (χ2n) is 4.28. The van der Waals surface area contributed by atoms with E-state index in [0.717, 1.165) is 32.6 Å². The predicted molar refractivity (Wildman–Crippen MR) is 78.7 cm³/mol. The molecule has 1 rings (SSSR count). The normalized spacial score (nSPS) is 12.7. The zero-order chi connectivity index (χ0) is 13.4. The van der Waals surface area contributed by atoms with Crippen LogP contribution < -0.4 is 5.32 Å². The van der Waals surface area contributed by atoms with Gasteiger partial charge in [-0.05, 0) is 37.1 Å². The van der Waals surface area contributed by atoms with E-state index in [0.29, 0.717) is 16.1 Å². The molecule has 0 aliphatic carbocycles. The SMILES string of the molecule is CCCOCC(Cc1ccc(Cl)c(Cl)c1)NCC. The molecule has 0 aromatic heterocycles. The second-order valence-corrected chi connectivity index (χ2v) is 5.10. The maximum absolute atomic E-state index is 6.02. The summed E-state index contributed by atoms with van der Waals surface area (Å²) < 4.78 is 5.60. The standard InChI is InChI=1S/C14H21Cl2NO/c1-3-7-18-10-12(17-4-2)8-11-5-6-13(15)14(16)9-11/h5-6,9,12,17H,3-4,7-8,10H2,1-2H3. The highest BCUT2D eigenvalue weighted by molar-refractivity contribution is 6.42. The summed E-state index contributed by atoms with van der Waals surface area (Å²) in [5.74, 6) is 0. The Hall–Kier alpha value is -0.280. The van der Waals surface area contributed by atoms with E-state index in [4.69, 9.17) is 27.9 Å². The molecule has 1 atom stereocenters. The smallest absolute Gasteiger partial charge is 0.0622 e. The lowest BCUT2D eigenvalue weighted by atomic mass is 10.1. The number of nitrogens with one attached hydrogen (secondary N) is 1.